The van der Waals surface area contributed by atoms with Crippen molar-refractivity contribution in [1.82, 2.24) is 9.13 Å². The summed E-state index contributed by atoms with van der Waals surface area (Å²) in [6, 6.07) is 36.6. The topological polar surface area (TPSA) is 28.3 Å². The first-order chi connectivity index (χ1) is 20.2. The van der Waals surface area contributed by atoms with Crippen LogP contribution in [0.1, 0.15) is 27.7 Å². The molecule has 0 bridgehead atoms. The van der Waals surface area contributed by atoms with Crippen LogP contribution in [0.25, 0.3) is 55.0 Å². The van der Waals surface area contributed by atoms with Crippen LogP contribution in [0.4, 0.5) is 4.39 Å². The van der Waals surface area contributed by atoms with Crippen molar-refractivity contribution in [3.05, 3.63) is 115 Å². The first kappa shape index (κ1) is 25.3. The molecule has 0 amide bonds. The van der Waals surface area contributed by atoms with Gasteiger partial charge in [-0.25, -0.2) is 4.39 Å². The SMILES string of the molecule is CC1(C)OB(c2cc3c4ccccc4n(-c4ccccc4)c3cc2-n2c3ccccc3c3cccc(F)c32)OC1(C)C. The van der Waals surface area contributed by atoms with E-state index in [0.29, 0.717) is 5.52 Å². The van der Waals surface area contributed by atoms with Crippen LogP contribution in [0.15, 0.2) is 109 Å². The van der Waals surface area contributed by atoms with Gasteiger partial charge in [-0.05, 0) is 64.1 Å². The Labute approximate surface area is 244 Å². The molecule has 0 spiro atoms. The van der Waals surface area contributed by atoms with Gasteiger partial charge in [0, 0.05) is 38.4 Å². The van der Waals surface area contributed by atoms with E-state index in [1.54, 1.807) is 6.07 Å². The fraction of sp³-hybridized carbons (Fsp3) is 0.167. The van der Waals surface area contributed by atoms with Gasteiger partial charge in [0.05, 0.1) is 33.3 Å². The maximum Gasteiger partial charge on any atom is 0.497 e. The molecule has 0 unspecified atom stereocenters. The van der Waals surface area contributed by atoms with Gasteiger partial charge in [-0.2, -0.15) is 0 Å². The van der Waals surface area contributed by atoms with Gasteiger partial charge < -0.3 is 18.4 Å². The normalized spacial score (nSPS) is 16.4. The number of hydrogen-bond donors (Lipinski definition) is 0. The Kier molecular flexibility index (Phi) is 5.31. The minimum Gasteiger partial charge on any atom is -0.399 e. The monoisotopic (exact) mass is 552 g/mol. The average Bonchev–Trinajstić information content (AvgIpc) is 3.57. The zero-order valence-electron chi connectivity index (χ0n) is 24.1. The summed E-state index contributed by atoms with van der Waals surface area (Å²) in [4.78, 5) is 0. The van der Waals surface area contributed by atoms with E-state index in [2.05, 4.69) is 105 Å². The van der Waals surface area contributed by atoms with Crippen LogP contribution in [0.5, 0.6) is 0 Å². The van der Waals surface area contributed by atoms with Gasteiger partial charge in [0.2, 0.25) is 0 Å². The lowest BCUT2D eigenvalue weighted by molar-refractivity contribution is 0.00578. The molecule has 8 rings (SSSR count). The van der Waals surface area contributed by atoms with E-state index in [4.69, 9.17) is 9.31 Å². The van der Waals surface area contributed by atoms with Gasteiger partial charge >= 0.3 is 7.12 Å². The summed E-state index contributed by atoms with van der Waals surface area (Å²) < 4.78 is 33.5. The van der Waals surface area contributed by atoms with Gasteiger partial charge in [-0.3, -0.25) is 0 Å². The average molecular weight is 552 g/mol. The Morgan fingerprint density at radius 1 is 0.571 bits per heavy atom. The quantitative estimate of drug-likeness (QED) is 0.206. The molecule has 6 heteroatoms. The molecule has 1 fully saturated rings. The number of benzene rings is 5. The molecule has 1 saturated heterocycles. The van der Waals surface area contributed by atoms with E-state index < -0.39 is 18.3 Å². The highest BCUT2D eigenvalue weighted by molar-refractivity contribution is 6.64. The molecular weight excluding hydrogens is 522 g/mol. The zero-order valence-corrected chi connectivity index (χ0v) is 24.1. The van der Waals surface area contributed by atoms with E-state index in [1.807, 2.05) is 28.8 Å². The number of halogens is 1. The number of para-hydroxylation sites is 4. The lowest BCUT2D eigenvalue weighted by Crippen LogP contribution is -2.41. The second-order valence-corrected chi connectivity index (χ2v) is 12.2. The Morgan fingerprint density at radius 3 is 1.83 bits per heavy atom. The lowest BCUT2D eigenvalue weighted by atomic mass is 9.77. The number of aromatic nitrogens is 2. The van der Waals surface area contributed by atoms with E-state index in [1.165, 1.54) is 6.07 Å². The number of hydrogen-bond acceptors (Lipinski definition) is 2. The van der Waals surface area contributed by atoms with Gasteiger partial charge in [0.1, 0.15) is 5.82 Å². The second kappa shape index (κ2) is 8.81. The summed E-state index contributed by atoms with van der Waals surface area (Å²) in [5, 5.41) is 4.09. The molecule has 0 N–H and O–H groups in total. The molecule has 5 aromatic carbocycles. The van der Waals surface area contributed by atoms with Crippen molar-refractivity contribution in [3.8, 4) is 11.4 Å². The van der Waals surface area contributed by atoms with Crippen LogP contribution in [0.3, 0.4) is 0 Å². The molecule has 1 aliphatic rings. The van der Waals surface area contributed by atoms with E-state index in [9.17, 15) is 0 Å². The van der Waals surface area contributed by atoms with E-state index in [0.717, 1.165) is 54.9 Å². The fourth-order valence-electron chi connectivity index (χ4n) is 6.46. The minimum absolute atomic E-state index is 0.271. The summed E-state index contributed by atoms with van der Waals surface area (Å²) in [6.45, 7) is 8.25. The maximum absolute atomic E-state index is 15.9. The zero-order chi connectivity index (χ0) is 28.8. The summed E-state index contributed by atoms with van der Waals surface area (Å²) in [6.07, 6.45) is 0. The summed E-state index contributed by atoms with van der Waals surface area (Å²) >= 11 is 0. The summed E-state index contributed by atoms with van der Waals surface area (Å²) in [5.74, 6) is -0.271. The van der Waals surface area contributed by atoms with Crippen LogP contribution in [0, 0.1) is 5.82 Å². The van der Waals surface area contributed by atoms with Crippen molar-refractivity contribution in [2.24, 2.45) is 0 Å². The number of rotatable bonds is 3. The summed E-state index contributed by atoms with van der Waals surface area (Å²) in [7, 11) is -0.642. The van der Waals surface area contributed by atoms with Gasteiger partial charge in [-0.1, -0.05) is 72.8 Å². The van der Waals surface area contributed by atoms with Crippen LogP contribution in [-0.4, -0.2) is 27.5 Å². The lowest BCUT2D eigenvalue weighted by Gasteiger charge is -2.32. The Morgan fingerprint density at radius 2 is 1.14 bits per heavy atom. The number of fused-ring (bicyclic) bond motifs is 6. The molecule has 0 atom stereocenters. The third-order valence-corrected chi connectivity index (χ3v) is 9.23. The smallest absolute Gasteiger partial charge is 0.399 e. The van der Waals surface area contributed by atoms with Crippen LogP contribution in [0.2, 0.25) is 0 Å². The van der Waals surface area contributed by atoms with Gasteiger partial charge in [0.15, 0.2) is 0 Å². The molecule has 2 aromatic heterocycles. The highest BCUT2D eigenvalue weighted by Gasteiger charge is 2.52. The minimum atomic E-state index is -0.642. The standard InChI is InChI=1S/C36H30BFN2O2/c1-35(2)36(3,4)42-37(41-35)28-21-27-25-16-9-10-19-30(25)39(23-13-6-5-7-14-23)32(27)22-33(28)40-31-20-11-8-15-24(31)26-17-12-18-29(38)34(26)40/h5-22H,1-4H3. The second-order valence-electron chi connectivity index (χ2n) is 12.2. The predicted molar refractivity (Wildman–Crippen MR) is 171 cm³/mol. The molecule has 1 aliphatic heterocycles. The van der Waals surface area contributed by atoms with Crippen molar-refractivity contribution in [3.63, 3.8) is 0 Å². The number of nitrogens with zero attached hydrogens (tertiary/aromatic N) is 2. The molecule has 0 radical (unpaired) electrons. The molecule has 206 valence electrons. The Bertz CT molecular complexity index is 2160. The van der Waals surface area contributed by atoms with Crippen LogP contribution < -0.4 is 5.46 Å². The van der Waals surface area contributed by atoms with E-state index >= 15 is 4.39 Å². The Balaban J connectivity index is 1.55. The molecule has 3 heterocycles. The summed E-state index contributed by atoms with van der Waals surface area (Å²) in [5.41, 5.74) is 5.29. The van der Waals surface area contributed by atoms with Crippen molar-refractivity contribution in [2.45, 2.75) is 38.9 Å². The van der Waals surface area contributed by atoms with Crippen LogP contribution >= 0.6 is 0 Å². The molecule has 7 aromatic rings. The van der Waals surface area contributed by atoms with Crippen molar-refractivity contribution in [2.75, 3.05) is 0 Å². The molecule has 0 aliphatic carbocycles. The van der Waals surface area contributed by atoms with Gasteiger partial charge in [0.25, 0.3) is 0 Å². The predicted octanol–water partition coefficient (Wildman–Crippen LogP) is 8.32. The first-order valence-corrected chi connectivity index (χ1v) is 14.4. The highest BCUT2D eigenvalue weighted by Crippen LogP contribution is 2.40. The third-order valence-electron chi connectivity index (χ3n) is 9.23. The molecule has 0 saturated carbocycles. The van der Waals surface area contributed by atoms with Crippen molar-refractivity contribution < 1.29 is 13.7 Å². The molecule has 4 nitrogen and oxygen atoms in total. The fourth-order valence-corrected chi connectivity index (χ4v) is 6.46. The highest BCUT2D eigenvalue weighted by atomic mass is 19.1. The van der Waals surface area contributed by atoms with E-state index in [-0.39, 0.29) is 5.82 Å². The van der Waals surface area contributed by atoms with Crippen molar-refractivity contribution in [1.29, 1.82) is 0 Å². The van der Waals surface area contributed by atoms with Crippen molar-refractivity contribution >= 4 is 56.2 Å². The van der Waals surface area contributed by atoms with Gasteiger partial charge in [-0.15, -0.1) is 0 Å². The maximum atomic E-state index is 15.9. The van der Waals surface area contributed by atoms with Crippen LogP contribution in [-0.2, 0) is 9.31 Å². The molecule has 42 heavy (non-hydrogen) atoms. The first-order valence-electron chi connectivity index (χ1n) is 14.4. The largest absolute Gasteiger partial charge is 0.497 e. The third kappa shape index (κ3) is 3.49. The Hall–Kier alpha value is -4.39. The molecular formula is C36H30BFN2O2.